The largest absolute Gasteiger partial charge is 0.495 e. The van der Waals surface area contributed by atoms with Crippen molar-refractivity contribution in [1.29, 1.82) is 0 Å². The Morgan fingerprint density at radius 2 is 1.92 bits per heavy atom. The van der Waals surface area contributed by atoms with Gasteiger partial charge in [0, 0.05) is 25.4 Å². The van der Waals surface area contributed by atoms with Crippen molar-refractivity contribution in [2.24, 2.45) is 0 Å². The number of carboxylic acid groups (broad SMARTS) is 1. The Labute approximate surface area is 147 Å². The Bertz CT molecular complexity index is 743. The summed E-state index contributed by atoms with van der Waals surface area (Å²) in [7, 11) is -2.59. The fourth-order valence-electron chi connectivity index (χ4n) is 2.16. The van der Waals surface area contributed by atoms with E-state index in [-0.39, 0.29) is 35.9 Å². The van der Waals surface area contributed by atoms with E-state index in [0.717, 1.165) is 0 Å². The molecule has 1 aromatic rings. The number of sulfonamides is 1. The summed E-state index contributed by atoms with van der Waals surface area (Å²) >= 11 is 0. The van der Waals surface area contributed by atoms with Crippen LogP contribution in [0.5, 0.6) is 5.75 Å². The molecule has 0 aliphatic heterocycles. The number of ether oxygens (including phenoxy) is 1. The Hall–Kier alpha value is -2.13. The third-order valence-electron chi connectivity index (χ3n) is 3.43. The van der Waals surface area contributed by atoms with Crippen molar-refractivity contribution in [2.45, 2.75) is 50.6 Å². The lowest BCUT2D eigenvalue weighted by atomic mass is 10.0. The number of carboxylic acids is 1. The van der Waals surface area contributed by atoms with Crippen LogP contribution in [-0.4, -0.2) is 38.0 Å². The fourth-order valence-corrected chi connectivity index (χ4v) is 3.82. The zero-order valence-electron chi connectivity index (χ0n) is 14.8. The molecular formula is C16H24N2O6S. The highest BCUT2D eigenvalue weighted by molar-refractivity contribution is 7.89. The van der Waals surface area contributed by atoms with Gasteiger partial charge in [-0.05, 0) is 38.0 Å². The Morgan fingerprint density at radius 1 is 1.28 bits per heavy atom. The lowest BCUT2D eigenvalue weighted by molar-refractivity contribution is -0.137. The number of methoxy groups -OCH3 is 1. The molecule has 0 bridgehead atoms. The van der Waals surface area contributed by atoms with Crippen LogP contribution < -0.4 is 14.8 Å². The van der Waals surface area contributed by atoms with Crippen LogP contribution in [0.3, 0.4) is 0 Å². The van der Waals surface area contributed by atoms with Gasteiger partial charge in [0.2, 0.25) is 15.9 Å². The summed E-state index contributed by atoms with van der Waals surface area (Å²) in [5.41, 5.74) is -0.352. The molecule has 3 N–H and O–H groups in total. The van der Waals surface area contributed by atoms with Crippen molar-refractivity contribution in [2.75, 3.05) is 7.11 Å². The first kappa shape index (κ1) is 20.9. The van der Waals surface area contributed by atoms with E-state index < -0.39 is 21.5 Å². The third-order valence-corrected chi connectivity index (χ3v) is 5.15. The highest BCUT2D eigenvalue weighted by Crippen LogP contribution is 2.27. The summed E-state index contributed by atoms with van der Waals surface area (Å²) in [6.07, 6.45) is -0.0231. The van der Waals surface area contributed by atoms with Gasteiger partial charge in [-0.15, -0.1) is 0 Å². The number of rotatable bonds is 9. The molecule has 0 saturated heterocycles. The van der Waals surface area contributed by atoms with Crippen LogP contribution in [0.4, 0.5) is 0 Å². The lowest BCUT2D eigenvalue weighted by Crippen LogP contribution is -2.43. The summed E-state index contributed by atoms with van der Waals surface area (Å²) in [6, 6.07) is 4.59. The topological polar surface area (TPSA) is 122 Å². The second kappa shape index (κ2) is 8.30. The molecule has 0 aliphatic carbocycles. The maximum atomic E-state index is 12.7. The Balaban J connectivity index is 3.11. The van der Waals surface area contributed by atoms with Crippen LogP contribution in [0, 0.1) is 0 Å². The zero-order valence-corrected chi connectivity index (χ0v) is 15.6. The number of carbonyl (C=O) groups excluding carboxylic acids is 1. The van der Waals surface area contributed by atoms with Crippen LogP contribution in [-0.2, 0) is 26.2 Å². The van der Waals surface area contributed by atoms with Gasteiger partial charge in [-0.25, -0.2) is 13.1 Å². The lowest BCUT2D eigenvalue weighted by Gasteiger charge is -2.26. The highest BCUT2D eigenvalue weighted by Gasteiger charge is 2.29. The fraction of sp³-hybridized carbons (Fsp3) is 0.500. The van der Waals surface area contributed by atoms with Crippen LogP contribution >= 0.6 is 0 Å². The van der Waals surface area contributed by atoms with Gasteiger partial charge in [0.15, 0.2) is 0 Å². The van der Waals surface area contributed by atoms with Crippen molar-refractivity contribution in [3.63, 3.8) is 0 Å². The number of carbonyl (C=O) groups is 2. The normalized spacial score (nSPS) is 11.8. The molecule has 0 aliphatic rings. The van der Waals surface area contributed by atoms with Crippen molar-refractivity contribution >= 4 is 21.9 Å². The van der Waals surface area contributed by atoms with Crippen LogP contribution in [0.15, 0.2) is 23.1 Å². The van der Waals surface area contributed by atoms with E-state index in [9.17, 15) is 18.0 Å². The number of hydrogen-bond donors (Lipinski definition) is 3. The SMILES string of the molecule is COc1ccc(CNC(C)=O)cc1S(=O)(=O)NC(C)(C)CCC(=O)O. The number of benzene rings is 1. The van der Waals surface area contributed by atoms with Gasteiger partial charge in [0.1, 0.15) is 10.6 Å². The predicted molar refractivity (Wildman–Crippen MR) is 91.8 cm³/mol. The maximum Gasteiger partial charge on any atom is 0.303 e. The summed E-state index contributed by atoms with van der Waals surface area (Å²) in [6.45, 7) is 4.78. The quantitative estimate of drug-likeness (QED) is 0.600. The number of nitrogens with one attached hydrogen (secondary N) is 2. The third kappa shape index (κ3) is 6.71. The zero-order chi connectivity index (χ0) is 19.3. The molecule has 0 radical (unpaired) electrons. The average molecular weight is 372 g/mol. The number of amides is 1. The molecule has 0 unspecified atom stereocenters. The standard InChI is InChI=1S/C16H24N2O6S/c1-11(19)17-10-12-5-6-13(24-4)14(9-12)25(22,23)18-16(2,3)8-7-15(20)21/h5-6,9,18H,7-8,10H2,1-4H3,(H,17,19)(H,20,21). The molecule has 0 fully saturated rings. The van der Waals surface area contributed by atoms with Crippen molar-refractivity contribution < 1.29 is 27.9 Å². The van der Waals surface area contributed by atoms with Gasteiger partial charge in [-0.3, -0.25) is 9.59 Å². The molecule has 0 spiro atoms. The minimum Gasteiger partial charge on any atom is -0.495 e. The average Bonchev–Trinajstić information content (AvgIpc) is 2.50. The van der Waals surface area contributed by atoms with Crippen LogP contribution in [0.25, 0.3) is 0 Å². The van der Waals surface area contributed by atoms with E-state index in [1.165, 1.54) is 26.2 Å². The Morgan fingerprint density at radius 3 is 2.44 bits per heavy atom. The van der Waals surface area contributed by atoms with Gasteiger partial charge >= 0.3 is 5.97 Å². The molecule has 0 heterocycles. The van der Waals surface area contributed by atoms with Gasteiger partial charge < -0.3 is 15.2 Å². The van der Waals surface area contributed by atoms with Crippen LogP contribution in [0.2, 0.25) is 0 Å². The molecule has 1 rings (SSSR count). The predicted octanol–water partition coefficient (Wildman–Crippen LogP) is 1.25. The van der Waals surface area contributed by atoms with Gasteiger partial charge in [-0.1, -0.05) is 6.07 Å². The minimum atomic E-state index is -3.95. The number of aliphatic carboxylic acids is 1. The molecular weight excluding hydrogens is 348 g/mol. The van der Waals surface area contributed by atoms with E-state index >= 15 is 0 Å². The molecule has 8 nitrogen and oxygen atoms in total. The molecule has 1 amide bonds. The van der Waals surface area contributed by atoms with Crippen LogP contribution in [0.1, 0.15) is 39.2 Å². The minimum absolute atomic E-state index is 0.0683. The van der Waals surface area contributed by atoms with E-state index in [4.69, 9.17) is 9.84 Å². The van der Waals surface area contributed by atoms with Crippen molar-refractivity contribution in [1.82, 2.24) is 10.0 Å². The highest BCUT2D eigenvalue weighted by atomic mass is 32.2. The monoisotopic (exact) mass is 372 g/mol. The summed E-state index contributed by atoms with van der Waals surface area (Å²) in [5, 5.41) is 11.4. The second-order valence-corrected chi connectivity index (χ2v) is 7.93. The first-order valence-corrected chi connectivity index (χ1v) is 9.12. The second-order valence-electron chi connectivity index (χ2n) is 6.28. The van der Waals surface area contributed by atoms with E-state index in [1.807, 2.05) is 0 Å². The van der Waals surface area contributed by atoms with E-state index in [2.05, 4.69) is 10.0 Å². The molecule has 0 saturated carbocycles. The van der Waals surface area contributed by atoms with Crippen molar-refractivity contribution in [3.8, 4) is 5.75 Å². The van der Waals surface area contributed by atoms with E-state index in [1.54, 1.807) is 19.9 Å². The van der Waals surface area contributed by atoms with Crippen molar-refractivity contribution in [3.05, 3.63) is 23.8 Å². The Kier molecular flexibility index (Phi) is 6.95. The van der Waals surface area contributed by atoms with Gasteiger partial charge in [0.05, 0.1) is 7.11 Å². The molecule has 9 heteroatoms. The first-order valence-electron chi connectivity index (χ1n) is 7.64. The van der Waals surface area contributed by atoms with Gasteiger partial charge in [0.25, 0.3) is 0 Å². The smallest absolute Gasteiger partial charge is 0.303 e. The molecule has 0 atom stereocenters. The molecule has 1 aromatic carbocycles. The molecule has 25 heavy (non-hydrogen) atoms. The summed E-state index contributed by atoms with van der Waals surface area (Å²) in [5.74, 6) is -1.07. The summed E-state index contributed by atoms with van der Waals surface area (Å²) < 4.78 is 33.1. The van der Waals surface area contributed by atoms with Gasteiger partial charge in [-0.2, -0.15) is 0 Å². The van der Waals surface area contributed by atoms with E-state index in [0.29, 0.717) is 5.56 Å². The molecule has 0 aromatic heterocycles. The molecule has 140 valence electrons. The number of hydrogen-bond acceptors (Lipinski definition) is 5. The summed E-state index contributed by atoms with van der Waals surface area (Å²) in [4.78, 5) is 21.7. The maximum absolute atomic E-state index is 12.7. The first-order chi connectivity index (χ1) is 11.5.